The Morgan fingerprint density at radius 3 is 3.05 bits per heavy atom. The molecule has 19 heavy (non-hydrogen) atoms. The zero-order chi connectivity index (χ0) is 13.4. The number of methoxy groups -OCH3 is 1. The van der Waals surface area contributed by atoms with Crippen LogP contribution >= 0.6 is 0 Å². The number of hydrogen-bond donors (Lipinski definition) is 1. The van der Waals surface area contributed by atoms with Crippen LogP contribution in [0.1, 0.15) is 11.4 Å². The molecule has 0 saturated heterocycles. The summed E-state index contributed by atoms with van der Waals surface area (Å²) in [7, 11) is 1.57. The maximum Gasteiger partial charge on any atom is 0.230 e. The SMILES string of the molecule is COc1nc(C)cc2c1-c1cccnc1CC(=O)N2. The topological polar surface area (TPSA) is 64.1 Å². The van der Waals surface area contributed by atoms with Gasteiger partial charge in [0.1, 0.15) is 0 Å². The Kier molecular flexibility index (Phi) is 2.67. The Bertz CT molecular complexity index is 668. The lowest BCUT2D eigenvalue weighted by Gasteiger charge is -2.13. The standard InChI is InChI=1S/C14H13N3O2/c1-8-6-11-13(14(16-8)19-2)9-4-3-5-15-10(9)7-12(18)17-11/h3-6H,7H2,1-2H3,(H,17,18). The molecule has 0 saturated carbocycles. The quantitative estimate of drug-likeness (QED) is 0.846. The van der Waals surface area contributed by atoms with E-state index in [1.807, 2.05) is 25.1 Å². The summed E-state index contributed by atoms with van der Waals surface area (Å²) in [4.78, 5) is 20.6. The molecule has 1 aliphatic rings. The highest BCUT2D eigenvalue weighted by Crippen LogP contribution is 2.39. The minimum Gasteiger partial charge on any atom is -0.480 e. The van der Waals surface area contributed by atoms with E-state index in [4.69, 9.17) is 4.74 Å². The highest BCUT2D eigenvalue weighted by Gasteiger charge is 2.23. The summed E-state index contributed by atoms with van der Waals surface area (Å²) in [6.07, 6.45) is 1.94. The molecule has 0 atom stereocenters. The van der Waals surface area contributed by atoms with Crippen molar-refractivity contribution in [3.63, 3.8) is 0 Å². The van der Waals surface area contributed by atoms with Crippen LogP contribution in [0.4, 0.5) is 5.69 Å². The number of amides is 1. The zero-order valence-electron chi connectivity index (χ0n) is 10.7. The van der Waals surface area contributed by atoms with Crippen LogP contribution in [-0.4, -0.2) is 23.0 Å². The number of anilines is 1. The van der Waals surface area contributed by atoms with Crippen molar-refractivity contribution in [2.45, 2.75) is 13.3 Å². The first-order valence-corrected chi connectivity index (χ1v) is 5.99. The van der Waals surface area contributed by atoms with Crippen molar-refractivity contribution in [3.05, 3.63) is 35.8 Å². The number of rotatable bonds is 1. The van der Waals surface area contributed by atoms with Crippen molar-refractivity contribution in [3.8, 4) is 17.0 Å². The molecule has 5 heteroatoms. The summed E-state index contributed by atoms with van der Waals surface area (Å²) in [5.74, 6) is 0.429. The first kappa shape index (κ1) is 11.6. The van der Waals surface area contributed by atoms with Crippen molar-refractivity contribution in [1.29, 1.82) is 0 Å². The van der Waals surface area contributed by atoms with Gasteiger partial charge in [0.25, 0.3) is 0 Å². The second kappa shape index (κ2) is 4.35. The molecule has 0 aliphatic carbocycles. The minimum absolute atomic E-state index is 0.0775. The third-order valence-electron chi connectivity index (χ3n) is 3.07. The maximum atomic E-state index is 11.9. The summed E-state index contributed by atoms with van der Waals surface area (Å²) >= 11 is 0. The van der Waals surface area contributed by atoms with Crippen molar-refractivity contribution < 1.29 is 9.53 Å². The fraction of sp³-hybridized carbons (Fsp3) is 0.214. The van der Waals surface area contributed by atoms with E-state index in [0.717, 1.165) is 28.2 Å². The number of fused-ring (bicyclic) bond motifs is 3. The number of nitrogens with one attached hydrogen (secondary N) is 1. The molecule has 0 fully saturated rings. The van der Waals surface area contributed by atoms with Gasteiger partial charge >= 0.3 is 0 Å². The molecule has 0 bridgehead atoms. The predicted molar refractivity (Wildman–Crippen MR) is 71.1 cm³/mol. The highest BCUT2D eigenvalue weighted by atomic mass is 16.5. The number of pyridine rings is 2. The molecule has 0 radical (unpaired) electrons. The fourth-order valence-electron chi connectivity index (χ4n) is 2.30. The van der Waals surface area contributed by atoms with Gasteiger partial charge in [-0.3, -0.25) is 9.78 Å². The average molecular weight is 255 g/mol. The lowest BCUT2D eigenvalue weighted by atomic mass is 10.0. The van der Waals surface area contributed by atoms with Gasteiger partial charge in [0.2, 0.25) is 11.8 Å². The first-order valence-electron chi connectivity index (χ1n) is 5.99. The largest absolute Gasteiger partial charge is 0.480 e. The Morgan fingerprint density at radius 1 is 1.42 bits per heavy atom. The van der Waals surface area contributed by atoms with Crippen LogP contribution in [0.5, 0.6) is 5.88 Å². The Labute approximate surface area is 110 Å². The second-order valence-electron chi connectivity index (χ2n) is 4.42. The third-order valence-corrected chi connectivity index (χ3v) is 3.07. The van der Waals surface area contributed by atoms with Crippen LogP contribution in [0.2, 0.25) is 0 Å². The molecule has 0 spiro atoms. The van der Waals surface area contributed by atoms with E-state index in [1.54, 1.807) is 13.3 Å². The van der Waals surface area contributed by atoms with Crippen LogP contribution in [0.15, 0.2) is 24.4 Å². The van der Waals surface area contributed by atoms with E-state index in [1.165, 1.54) is 0 Å². The number of ether oxygens (including phenoxy) is 1. The van der Waals surface area contributed by atoms with Gasteiger partial charge < -0.3 is 10.1 Å². The first-order chi connectivity index (χ1) is 9.19. The summed E-state index contributed by atoms with van der Waals surface area (Å²) < 4.78 is 5.35. The molecule has 1 aliphatic heterocycles. The number of nitrogens with zero attached hydrogens (tertiary/aromatic N) is 2. The van der Waals surface area contributed by atoms with Crippen molar-refractivity contribution in [2.24, 2.45) is 0 Å². The maximum absolute atomic E-state index is 11.9. The Morgan fingerprint density at radius 2 is 2.26 bits per heavy atom. The van der Waals surface area contributed by atoms with Gasteiger partial charge in [-0.25, -0.2) is 4.98 Å². The lowest BCUT2D eigenvalue weighted by Crippen LogP contribution is -2.13. The smallest absolute Gasteiger partial charge is 0.230 e. The Balaban J connectivity index is 2.35. The second-order valence-corrected chi connectivity index (χ2v) is 4.42. The summed E-state index contributed by atoms with van der Waals surface area (Å²) in [5.41, 5.74) is 3.94. The van der Waals surface area contributed by atoms with E-state index in [2.05, 4.69) is 15.3 Å². The van der Waals surface area contributed by atoms with E-state index in [-0.39, 0.29) is 12.3 Å². The number of aromatic nitrogens is 2. The predicted octanol–water partition coefficient (Wildman–Crippen LogP) is 1.96. The molecule has 1 N–H and O–H groups in total. The van der Waals surface area contributed by atoms with Gasteiger partial charge in [0.15, 0.2) is 0 Å². The van der Waals surface area contributed by atoms with E-state index in [0.29, 0.717) is 5.88 Å². The molecular weight excluding hydrogens is 242 g/mol. The van der Waals surface area contributed by atoms with Gasteiger partial charge in [-0.15, -0.1) is 0 Å². The van der Waals surface area contributed by atoms with E-state index < -0.39 is 0 Å². The molecule has 1 amide bonds. The van der Waals surface area contributed by atoms with Crippen molar-refractivity contribution >= 4 is 11.6 Å². The number of carbonyl (C=O) groups excluding carboxylic acids is 1. The monoisotopic (exact) mass is 255 g/mol. The molecule has 3 rings (SSSR count). The molecule has 2 aromatic heterocycles. The van der Waals surface area contributed by atoms with Crippen LogP contribution in [0.3, 0.4) is 0 Å². The van der Waals surface area contributed by atoms with Crippen LogP contribution in [0, 0.1) is 6.92 Å². The summed E-state index contributed by atoms with van der Waals surface area (Å²) in [6, 6.07) is 5.62. The van der Waals surface area contributed by atoms with Gasteiger partial charge in [0.05, 0.1) is 30.5 Å². The summed E-state index contributed by atoms with van der Waals surface area (Å²) in [5, 5.41) is 2.89. The van der Waals surface area contributed by atoms with E-state index >= 15 is 0 Å². The molecule has 96 valence electrons. The van der Waals surface area contributed by atoms with Gasteiger partial charge in [0, 0.05) is 17.5 Å². The number of carbonyl (C=O) groups is 1. The Hall–Kier alpha value is -2.43. The normalized spacial score (nSPS) is 13.1. The highest BCUT2D eigenvalue weighted by molar-refractivity contribution is 6.01. The van der Waals surface area contributed by atoms with Crippen LogP contribution in [0.25, 0.3) is 11.1 Å². The van der Waals surface area contributed by atoms with Gasteiger partial charge in [-0.05, 0) is 19.1 Å². The fourth-order valence-corrected chi connectivity index (χ4v) is 2.30. The lowest BCUT2D eigenvalue weighted by molar-refractivity contribution is -0.115. The number of aryl methyl sites for hydroxylation is 1. The molecule has 0 unspecified atom stereocenters. The molecule has 3 heterocycles. The molecule has 0 aromatic carbocycles. The van der Waals surface area contributed by atoms with E-state index in [9.17, 15) is 4.79 Å². The van der Waals surface area contributed by atoms with Gasteiger partial charge in [-0.1, -0.05) is 6.07 Å². The zero-order valence-corrected chi connectivity index (χ0v) is 10.7. The van der Waals surface area contributed by atoms with Crippen molar-refractivity contribution in [2.75, 3.05) is 12.4 Å². The summed E-state index contributed by atoms with van der Waals surface area (Å²) in [6.45, 7) is 1.87. The minimum atomic E-state index is -0.0775. The molecular formula is C14H13N3O2. The van der Waals surface area contributed by atoms with Crippen LogP contribution < -0.4 is 10.1 Å². The average Bonchev–Trinajstić information content (AvgIpc) is 2.52. The van der Waals surface area contributed by atoms with Crippen molar-refractivity contribution in [1.82, 2.24) is 9.97 Å². The third kappa shape index (κ3) is 1.93. The van der Waals surface area contributed by atoms with Gasteiger partial charge in [-0.2, -0.15) is 0 Å². The molecule has 5 nitrogen and oxygen atoms in total. The number of hydrogen-bond acceptors (Lipinski definition) is 4. The van der Waals surface area contributed by atoms with Crippen LogP contribution in [-0.2, 0) is 11.2 Å². The molecule has 2 aromatic rings.